The second-order valence-corrected chi connectivity index (χ2v) is 8.43. The molecule has 0 spiro atoms. The highest BCUT2D eigenvalue weighted by atomic mass is 16.5. The lowest BCUT2D eigenvalue weighted by atomic mass is 9.91. The Labute approximate surface area is 171 Å². The number of hydrogen-bond donors (Lipinski definition) is 1. The van der Waals surface area contributed by atoms with E-state index in [9.17, 15) is 14.4 Å². The van der Waals surface area contributed by atoms with Crippen LogP contribution in [0.4, 0.5) is 0 Å². The van der Waals surface area contributed by atoms with Gasteiger partial charge in [0, 0.05) is 50.9 Å². The smallest absolute Gasteiger partial charge is 0.289 e. The predicted molar refractivity (Wildman–Crippen MR) is 107 cm³/mol. The van der Waals surface area contributed by atoms with Crippen LogP contribution in [0, 0.1) is 5.92 Å². The summed E-state index contributed by atoms with van der Waals surface area (Å²) in [4.78, 5) is 42.4. The maximum Gasteiger partial charge on any atom is 0.289 e. The molecule has 1 fully saturated rings. The van der Waals surface area contributed by atoms with Crippen molar-refractivity contribution < 1.29 is 19.1 Å². The fraction of sp³-hybridized carbons (Fsp3) is 0.545. The number of aromatic nitrogens is 1. The number of ether oxygens (including phenoxy) is 1. The van der Waals surface area contributed by atoms with Gasteiger partial charge in [-0.2, -0.15) is 0 Å². The van der Waals surface area contributed by atoms with E-state index >= 15 is 0 Å². The molecule has 1 N–H and O–H groups in total. The van der Waals surface area contributed by atoms with E-state index in [2.05, 4.69) is 10.3 Å². The highest BCUT2D eigenvalue weighted by molar-refractivity contribution is 6.01. The van der Waals surface area contributed by atoms with Crippen molar-refractivity contribution in [2.24, 2.45) is 5.92 Å². The molecule has 0 bridgehead atoms. The Morgan fingerprint density at radius 3 is 2.72 bits per heavy atom. The van der Waals surface area contributed by atoms with Gasteiger partial charge in [0.05, 0.1) is 0 Å². The quantitative estimate of drug-likeness (QED) is 0.793. The van der Waals surface area contributed by atoms with Gasteiger partial charge < -0.3 is 15.0 Å². The van der Waals surface area contributed by atoms with Gasteiger partial charge in [0.2, 0.25) is 5.91 Å². The minimum Gasteiger partial charge on any atom is -0.481 e. The molecule has 156 valence electrons. The molecule has 1 saturated heterocycles. The first-order chi connectivity index (χ1) is 13.8. The monoisotopic (exact) mass is 399 g/mol. The Bertz CT molecular complexity index is 781. The van der Waals surface area contributed by atoms with Crippen LogP contribution in [0.3, 0.4) is 0 Å². The summed E-state index contributed by atoms with van der Waals surface area (Å²) in [6.45, 7) is 5.36. The van der Waals surface area contributed by atoms with E-state index in [1.54, 1.807) is 17.3 Å². The van der Waals surface area contributed by atoms with Crippen molar-refractivity contribution in [1.82, 2.24) is 15.2 Å². The van der Waals surface area contributed by atoms with Gasteiger partial charge in [0.15, 0.2) is 11.5 Å². The number of hydrogen-bond acceptors (Lipinski definition) is 5. The molecule has 7 heteroatoms. The summed E-state index contributed by atoms with van der Waals surface area (Å²) in [6, 6.07) is 3.78. The summed E-state index contributed by atoms with van der Waals surface area (Å²) < 4.78 is 5.72. The zero-order valence-electron chi connectivity index (χ0n) is 17.1. The molecule has 0 saturated carbocycles. The van der Waals surface area contributed by atoms with Crippen molar-refractivity contribution in [3.8, 4) is 0 Å². The number of piperidine rings is 1. The molecule has 0 radical (unpaired) electrons. The summed E-state index contributed by atoms with van der Waals surface area (Å²) >= 11 is 0. The van der Waals surface area contributed by atoms with Crippen LogP contribution in [0.5, 0.6) is 0 Å². The van der Waals surface area contributed by atoms with Crippen molar-refractivity contribution in [3.05, 3.63) is 41.9 Å². The van der Waals surface area contributed by atoms with Crippen LogP contribution < -0.4 is 5.32 Å². The Morgan fingerprint density at radius 1 is 1.31 bits per heavy atom. The number of allylic oxidation sites excluding steroid dienone is 1. The molecule has 1 aromatic rings. The van der Waals surface area contributed by atoms with Crippen molar-refractivity contribution in [2.75, 3.05) is 13.1 Å². The Morgan fingerprint density at radius 2 is 2.07 bits per heavy atom. The summed E-state index contributed by atoms with van der Waals surface area (Å²) in [5.41, 5.74) is 0.340. The van der Waals surface area contributed by atoms with Gasteiger partial charge in [-0.05, 0) is 50.7 Å². The van der Waals surface area contributed by atoms with E-state index in [1.165, 1.54) is 6.08 Å². The lowest BCUT2D eigenvalue weighted by Gasteiger charge is -2.35. The van der Waals surface area contributed by atoms with Crippen molar-refractivity contribution in [2.45, 2.75) is 58.1 Å². The summed E-state index contributed by atoms with van der Waals surface area (Å²) in [6.07, 6.45) is 8.06. The van der Waals surface area contributed by atoms with E-state index < -0.39 is 5.60 Å². The number of amides is 2. The highest BCUT2D eigenvalue weighted by Crippen LogP contribution is 2.28. The number of rotatable bonds is 6. The topological polar surface area (TPSA) is 88.6 Å². The molecular formula is C22H29N3O4. The largest absolute Gasteiger partial charge is 0.481 e. The fourth-order valence-corrected chi connectivity index (χ4v) is 3.79. The van der Waals surface area contributed by atoms with E-state index in [1.807, 2.05) is 26.0 Å². The maximum absolute atomic E-state index is 12.7. The molecular weight excluding hydrogens is 370 g/mol. The van der Waals surface area contributed by atoms with Gasteiger partial charge >= 0.3 is 0 Å². The van der Waals surface area contributed by atoms with Crippen LogP contribution in [-0.2, 0) is 25.7 Å². The third kappa shape index (κ3) is 6.14. The number of likely N-dealkylation sites (tertiary alicyclic amines) is 1. The summed E-state index contributed by atoms with van der Waals surface area (Å²) in [7, 11) is 0. The maximum atomic E-state index is 12.7. The minimum absolute atomic E-state index is 0.0360. The average molecular weight is 399 g/mol. The minimum atomic E-state index is -0.641. The van der Waals surface area contributed by atoms with Gasteiger partial charge in [0.25, 0.3) is 5.91 Å². The third-order valence-electron chi connectivity index (χ3n) is 5.38. The molecule has 29 heavy (non-hydrogen) atoms. The lowest BCUT2D eigenvalue weighted by molar-refractivity contribution is -0.139. The lowest BCUT2D eigenvalue weighted by Crippen LogP contribution is -2.43. The molecule has 3 rings (SSSR count). The zero-order chi connectivity index (χ0) is 20.9. The average Bonchev–Trinajstić information content (AvgIpc) is 2.70. The molecule has 2 aliphatic heterocycles. The predicted octanol–water partition coefficient (Wildman–Crippen LogP) is 2.37. The van der Waals surface area contributed by atoms with Gasteiger partial charge in [-0.1, -0.05) is 6.07 Å². The van der Waals surface area contributed by atoms with Gasteiger partial charge in [-0.15, -0.1) is 0 Å². The zero-order valence-corrected chi connectivity index (χ0v) is 17.1. The first-order valence-corrected chi connectivity index (χ1v) is 10.2. The number of nitrogens with zero attached hydrogens (tertiary/aromatic N) is 2. The van der Waals surface area contributed by atoms with Crippen LogP contribution in [-0.4, -0.2) is 46.2 Å². The molecule has 0 aliphatic carbocycles. The van der Waals surface area contributed by atoms with Crippen LogP contribution in [0.1, 0.15) is 51.5 Å². The molecule has 0 aromatic carbocycles. The highest BCUT2D eigenvalue weighted by Gasteiger charge is 2.34. The van der Waals surface area contributed by atoms with Crippen LogP contribution in [0.15, 0.2) is 36.4 Å². The second-order valence-electron chi connectivity index (χ2n) is 8.43. The number of pyridine rings is 1. The van der Waals surface area contributed by atoms with Crippen molar-refractivity contribution in [3.63, 3.8) is 0 Å². The molecule has 2 amide bonds. The molecule has 0 unspecified atom stereocenters. The molecule has 2 aliphatic rings. The van der Waals surface area contributed by atoms with Gasteiger partial charge in [-0.3, -0.25) is 19.4 Å². The first-order valence-electron chi connectivity index (χ1n) is 10.2. The first kappa shape index (κ1) is 21.0. The molecule has 1 aromatic heterocycles. The summed E-state index contributed by atoms with van der Waals surface area (Å²) in [5.74, 6) is 0.325. The third-order valence-corrected chi connectivity index (χ3v) is 5.38. The van der Waals surface area contributed by atoms with E-state index in [-0.39, 0.29) is 29.8 Å². The summed E-state index contributed by atoms with van der Waals surface area (Å²) in [5, 5.41) is 2.92. The standard InChI is InChI=1S/C22H29N3O4/c1-22(2)13-18(26)12-19(29-22)21(28)25-10-7-16(8-11-25)5-6-20(27)24-15-17-4-3-9-23-14-17/h3-4,9,12,14,16H,5-8,10-11,13,15H2,1-2H3,(H,24,27). The Kier molecular flexibility index (Phi) is 6.67. The SMILES string of the molecule is CC1(C)CC(=O)C=C(C(=O)N2CCC(CCC(=O)NCc3cccnc3)CC2)O1. The van der Waals surface area contributed by atoms with Gasteiger partial charge in [0.1, 0.15) is 5.60 Å². The van der Waals surface area contributed by atoms with Gasteiger partial charge in [-0.25, -0.2) is 0 Å². The van der Waals surface area contributed by atoms with Crippen LogP contribution in [0.25, 0.3) is 0 Å². The second kappa shape index (κ2) is 9.20. The number of ketones is 1. The number of nitrogens with one attached hydrogen (secondary N) is 1. The Hall–Kier alpha value is -2.70. The van der Waals surface area contributed by atoms with Crippen molar-refractivity contribution in [1.29, 1.82) is 0 Å². The normalized spacial score (nSPS) is 19.3. The molecule has 7 nitrogen and oxygen atoms in total. The van der Waals surface area contributed by atoms with E-state index in [0.29, 0.717) is 32.0 Å². The van der Waals surface area contributed by atoms with E-state index in [0.717, 1.165) is 24.8 Å². The number of carbonyl (C=O) groups excluding carboxylic acids is 3. The fourth-order valence-electron chi connectivity index (χ4n) is 3.79. The Balaban J connectivity index is 1.39. The van der Waals surface area contributed by atoms with E-state index in [4.69, 9.17) is 4.74 Å². The number of carbonyl (C=O) groups is 3. The van der Waals surface area contributed by atoms with Crippen LogP contribution in [0.2, 0.25) is 0 Å². The van der Waals surface area contributed by atoms with Crippen LogP contribution >= 0.6 is 0 Å². The van der Waals surface area contributed by atoms with Crippen molar-refractivity contribution >= 4 is 17.6 Å². The molecule has 3 heterocycles. The molecule has 0 atom stereocenters.